The van der Waals surface area contributed by atoms with E-state index in [0.717, 1.165) is 9.77 Å². The van der Waals surface area contributed by atoms with Gasteiger partial charge in [-0.3, -0.25) is 0 Å². The van der Waals surface area contributed by atoms with Crippen molar-refractivity contribution < 1.29 is 14.6 Å². The van der Waals surface area contributed by atoms with Crippen LogP contribution in [0.25, 0.3) is 0 Å². The maximum atomic E-state index is 11.6. The van der Waals surface area contributed by atoms with Crippen LogP contribution in [0.5, 0.6) is 0 Å². The molecule has 0 fully saturated rings. The summed E-state index contributed by atoms with van der Waals surface area (Å²) in [5.74, 6) is -0.648. The molecule has 2 aromatic rings. The zero-order valence-electron chi connectivity index (χ0n) is 10.9. The lowest BCUT2D eigenvalue weighted by Gasteiger charge is -2.20. The monoisotopic (exact) mass is 309 g/mol. The Hall–Kier alpha value is -1.50. The first kappa shape index (κ1) is 14.9. The van der Waals surface area contributed by atoms with Crippen molar-refractivity contribution in [1.82, 2.24) is 0 Å². The van der Waals surface area contributed by atoms with Crippen molar-refractivity contribution in [2.45, 2.75) is 16.2 Å². The number of thioether (sulfide) groups is 1. The van der Waals surface area contributed by atoms with Crippen LogP contribution in [0.3, 0.4) is 0 Å². The van der Waals surface area contributed by atoms with Gasteiger partial charge in [0.2, 0.25) is 0 Å². The van der Waals surface area contributed by atoms with Crippen molar-refractivity contribution in [3.05, 3.63) is 46.7 Å². The minimum atomic E-state index is -1.23. The van der Waals surface area contributed by atoms with E-state index in [-0.39, 0.29) is 0 Å². The molecule has 0 amide bonds. The number of esters is 1. The molecule has 106 valence electrons. The van der Waals surface area contributed by atoms with E-state index in [9.17, 15) is 9.90 Å². The normalized spacial score (nSPS) is 13.7. The van der Waals surface area contributed by atoms with Crippen LogP contribution >= 0.6 is 23.1 Å². The number of para-hydroxylation sites is 1. The van der Waals surface area contributed by atoms with Gasteiger partial charge in [0, 0.05) is 15.5 Å². The van der Waals surface area contributed by atoms with E-state index < -0.39 is 17.3 Å². The van der Waals surface area contributed by atoms with Gasteiger partial charge in [-0.2, -0.15) is 0 Å². The van der Waals surface area contributed by atoms with Gasteiger partial charge in [0.1, 0.15) is 0 Å². The summed E-state index contributed by atoms with van der Waals surface area (Å²) in [6.07, 6.45) is -1.23. The van der Waals surface area contributed by atoms with E-state index in [0.29, 0.717) is 5.69 Å². The maximum Gasteiger partial charge on any atom is 0.336 e. The second kappa shape index (κ2) is 6.78. The number of ether oxygens (including phenoxy) is 1. The highest BCUT2D eigenvalue weighted by Gasteiger charge is 2.30. The van der Waals surface area contributed by atoms with Gasteiger partial charge in [0.15, 0.2) is 6.10 Å². The lowest BCUT2D eigenvalue weighted by atomic mass is 10.2. The van der Waals surface area contributed by atoms with Crippen molar-refractivity contribution in [2.75, 3.05) is 12.8 Å². The molecule has 0 aliphatic heterocycles. The Morgan fingerprint density at radius 2 is 2.10 bits per heavy atom. The molecule has 0 saturated heterocycles. The van der Waals surface area contributed by atoms with Crippen molar-refractivity contribution in [1.29, 1.82) is 0 Å². The van der Waals surface area contributed by atoms with Crippen LogP contribution in [0.1, 0.15) is 10.1 Å². The SMILES string of the molecule is COC(=O)C(O)C(Sc1ccccc1N)c1cccs1. The molecule has 1 heterocycles. The second-order valence-corrected chi connectivity index (χ2v) is 6.22. The molecule has 1 aromatic heterocycles. The van der Waals surface area contributed by atoms with E-state index in [1.807, 2.05) is 35.7 Å². The molecule has 0 saturated carbocycles. The zero-order valence-corrected chi connectivity index (χ0v) is 12.5. The van der Waals surface area contributed by atoms with Crippen LogP contribution in [0.2, 0.25) is 0 Å². The molecule has 2 unspecified atom stereocenters. The number of carbonyl (C=O) groups excluding carboxylic acids is 1. The van der Waals surface area contributed by atoms with Gasteiger partial charge in [-0.15, -0.1) is 23.1 Å². The average molecular weight is 309 g/mol. The highest BCUT2D eigenvalue weighted by Crippen LogP contribution is 2.42. The molecule has 0 bridgehead atoms. The molecule has 0 radical (unpaired) electrons. The fourth-order valence-electron chi connectivity index (χ4n) is 1.70. The molecule has 2 atom stereocenters. The Morgan fingerprint density at radius 1 is 1.35 bits per heavy atom. The fraction of sp³-hybridized carbons (Fsp3) is 0.214. The molecule has 0 aliphatic carbocycles. The Bertz CT molecular complexity index is 572. The van der Waals surface area contributed by atoms with Gasteiger partial charge < -0.3 is 15.6 Å². The number of hydrogen-bond acceptors (Lipinski definition) is 6. The van der Waals surface area contributed by atoms with Crippen molar-refractivity contribution >= 4 is 34.8 Å². The highest BCUT2D eigenvalue weighted by atomic mass is 32.2. The third kappa shape index (κ3) is 3.33. The molecular formula is C14H15NO3S2. The number of hydrogen-bond donors (Lipinski definition) is 2. The van der Waals surface area contributed by atoms with Crippen molar-refractivity contribution in [3.8, 4) is 0 Å². The van der Waals surface area contributed by atoms with Crippen LogP contribution in [-0.2, 0) is 9.53 Å². The third-order valence-electron chi connectivity index (χ3n) is 2.73. The van der Waals surface area contributed by atoms with Crippen LogP contribution < -0.4 is 5.73 Å². The third-order valence-corrected chi connectivity index (χ3v) is 5.22. The first-order chi connectivity index (χ1) is 9.63. The molecule has 1 aromatic carbocycles. The number of benzene rings is 1. The zero-order chi connectivity index (χ0) is 14.5. The summed E-state index contributed by atoms with van der Waals surface area (Å²) in [5.41, 5.74) is 6.54. The predicted molar refractivity (Wildman–Crippen MR) is 81.8 cm³/mol. The van der Waals surface area contributed by atoms with Gasteiger partial charge >= 0.3 is 5.97 Å². The summed E-state index contributed by atoms with van der Waals surface area (Å²) < 4.78 is 4.63. The summed E-state index contributed by atoms with van der Waals surface area (Å²) in [6, 6.07) is 11.1. The standard InChI is InChI=1S/C14H15NO3S2/c1-18-14(17)12(16)13(11-7-4-8-19-11)20-10-6-3-2-5-9(10)15/h2-8,12-13,16H,15H2,1H3. The fourth-order valence-corrected chi connectivity index (χ4v) is 3.82. The molecule has 6 heteroatoms. The Kier molecular flexibility index (Phi) is 5.05. The van der Waals surface area contributed by atoms with Gasteiger partial charge in [0.25, 0.3) is 0 Å². The van der Waals surface area contributed by atoms with Crippen LogP contribution in [-0.4, -0.2) is 24.3 Å². The summed E-state index contributed by atoms with van der Waals surface area (Å²) >= 11 is 2.84. The van der Waals surface area contributed by atoms with Crippen molar-refractivity contribution in [2.24, 2.45) is 0 Å². The number of thiophene rings is 1. The number of rotatable bonds is 5. The first-order valence-electron chi connectivity index (χ1n) is 5.94. The minimum absolute atomic E-state index is 0.438. The Morgan fingerprint density at radius 3 is 2.70 bits per heavy atom. The van der Waals surface area contributed by atoms with Crippen LogP contribution in [0.4, 0.5) is 5.69 Å². The molecule has 0 spiro atoms. The number of nitrogen functional groups attached to an aromatic ring is 1. The van der Waals surface area contributed by atoms with E-state index >= 15 is 0 Å². The molecule has 2 rings (SSSR count). The van der Waals surface area contributed by atoms with Crippen molar-refractivity contribution in [3.63, 3.8) is 0 Å². The number of aliphatic hydroxyl groups is 1. The minimum Gasteiger partial charge on any atom is -0.467 e. The first-order valence-corrected chi connectivity index (χ1v) is 7.70. The maximum absolute atomic E-state index is 11.6. The number of aliphatic hydroxyl groups excluding tert-OH is 1. The summed E-state index contributed by atoms with van der Waals surface area (Å²) in [4.78, 5) is 13.3. The summed E-state index contributed by atoms with van der Waals surface area (Å²) in [6.45, 7) is 0. The molecule has 20 heavy (non-hydrogen) atoms. The van der Waals surface area contributed by atoms with Gasteiger partial charge in [-0.25, -0.2) is 4.79 Å². The quantitative estimate of drug-likeness (QED) is 0.505. The second-order valence-electron chi connectivity index (χ2n) is 4.06. The van der Waals surface area contributed by atoms with Gasteiger partial charge in [-0.05, 0) is 23.6 Å². The molecular weight excluding hydrogens is 294 g/mol. The summed E-state index contributed by atoms with van der Waals surface area (Å²) in [7, 11) is 1.26. The Balaban J connectivity index is 2.28. The highest BCUT2D eigenvalue weighted by molar-refractivity contribution is 7.99. The number of nitrogens with two attached hydrogens (primary N) is 1. The van der Waals surface area contributed by atoms with Crippen LogP contribution in [0, 0.1) is 0 Å². The molecule has 4 nitrogen and oxygen atoms in total. The molecule has 0 aliphatic rings. The van der Waals surface area contributed by atoms with E-state index in [1.165, 1.54) is 30.2 Å². The Labute approximate surface area is 125 Å². The molecule has 3 N–H and O–H groups in total. The number of anilines is 1. The average Bonchev–Trinajstić information content (AvgIpc) is 2.99. The van der Waals surface area contributed by atoms with E-state index in [2.05, 4.69) is 4.74 Å². The van der Waals surface area contributed by atoms with Crippen LogP contribution in [0.15, 0.2) is 46.7 Å². The lowest BCUT2D eigenvalue weighted by Crippen LogP contribution is -2.27. The van der Waals surface area contributed by atoms with E-state index in [4.69, 9.17) is 5.73 Å². The summed E-state index contributed by atoms with van der Waals surface area (Å²) in [5, 5.41) is 11.6. The smallest absolute Gasteiger partial charge is 0.336 e. The lowest BCUT2D eigenvalue weighted by molar-refractivity contribution is -0.150. The van der Waals surface area contributed by atoms with E-state index in [1.54, 1.807) is 6.07 Å². The predicted octanol–water partition coefficient (Wildman–Crippen LogP) is 2.70. The number of methoxy groups -OCH3 is 1. The van der Waals surface area contributed by atoms with Gasteiger partial charge in [-0.1, -0.05) is 18.2 Å². The van der Waals surface area contributed by atoms with Gasteiger partial charge in [0.05, 0.1) is 12.4 Å². The topological polar surface area (TPSA) is 72.5 Å². The largest absolute Gasteiger partial charge is 0.467 e. The number of carbonyl (C=O) groups is 1.